The smallest absolute Gasteiger partial charge is 0.340 e. The number of hydrogen-bond acceptors (Lipinski definition) is 4. The van der Waals surface area contributed by atoms with E-state index in [4.69, 9.17) is 11.6 Å². The van der Waals surface area contributed by atoms with Crippen LogP contribution in [-0.2, 0) is 6.18 Å². The van der Waals surface area contributed by atoms with E-state index >= 15 is 0 Å². The number of hydrogen-bond donors (Lipinski definition) is 1. The van der Waals surface area contributed by atoms with E-state index in [1.54, 1.807) is 30.7 Å². The molecule has 0 radical (unpaired) electrons. The first-order valence-electron chi connectivity index (χ1n) is 6.81. The first kappa shape index (κ1) is 16.2. The van der Waals surface area contributed by atoms with Crippen molar-refractivity contribution in [3.8, 4) is 11.1 Å². The van der Waals surface area contributed by atoms with E-state index in [0.29, 0.717) is 22.6 Å². The van der Waals surface area contributed by atoms with E-state index < -0.39 is 11.7 Å². The Hall–Kier alpha value is -2.67. The number of benzene rings is 1. The van der Waals surface area contributed by atoms with Crippen molar-refractivity contribution in [2.24, 2.45) is 0 Å². The van der Waals surface area contributed by atoms with E-state index in [2.05, 4.69) is 20.3 Å². The molecule has 122 valence electrons. The Morgan fingerprint density at radius 3 is 2.21 bits per heavy atom. The average molecular weight is 351 g/mol. The Kier molecular flexibility index (Phi) is 4.35. The van der Waals surface area contributed by atoms with Gasteiger partial charge in [0.15, 0.2) is 0 Å². The number of nitrogens with zero attached hydrogens (tertiary/aromatic N) is 3. The van der Waals surface area contributed by atoms with E-state index in [1.807, 2.05) is 0 Å². The fourth-order valence-electron chi connectivity index (χ4n) is 2.07. The van der Waals surface area contributed by atoms with Gasteiger partial charge in [-0.15, -0.1) is 0 Å². The molecule has 2 aromatic heterocycles. The minimum absolute atomic E-state index is 0.125. The molecule has 0 unspecified atom stereocenters. The summed E-state index contributed by atoms with van der Waals surface area (Å²) in [5.74, 6) is 0.475. The molecule has 1 N–H and O–H groups in total. The summed E-state index contributed by atoms with van der Waals surface area (Å²) in [6.45, 7) is 0. The second kappa shape index (κ2) is 6.45. The number of anilines is 2. The Balaban J connectivity index is 1.89. The van der Waals surface area contributed by atoms with E-state index in [-0.39, 0.29) is 5.28 Å². The predicted octanol–water partition coefficient (Wildman–Crippen LogP) is 4.95. The third-order valence-electron chi connectivity index (χ3n) is 3.21. The molecule has 0 saturated carbocycles. The molecule has 0 aliphatic heterocycles. The first-order valence-corrected chi connectivity index (χ1v) is 7.18. The van der Waals surface area contributed by atoms with Gasteiger partial charge in [0.2, 0.25) is 5.28 Å². The number of alkyl halides is 3. The molecule has 0 spiro atoms. The minimum Gasteiger partial charge on any atom is -0.340 e. The summed E-state index contributed by atoms with van der Waals surface area (Å²) in [5.41, 5.74) is 1.16. The zero-order chi connectivity index (χ0) is 17.2. The fourth-order valence-corrected chi connectivity index (χ4v) is 2.17. The Morgan fingerprint density at radius 1 is 0.917 bits per heavy atom. The van der Waals surface area contributed by atoms with Crippen molar-refractivity contribution in [3.05, 3.63) is 65.8 Å². The number of halogens is 4. The van der Waals surface area contributed by atoms with Crippen LogP contribution in [0.25, 0.3) is 11.1 Å². The molecular formula is C16H10ClF3N4. The van der Waals surface area contributed by atoms with E-state index in [9.17, 15) is 13.2 Å². The van der Waals surface area contributed by atoms with Gasteiger partial charge in [-0.2, -0.15) is 13.2 Å². The van der Waals surface area contributed by atoms with Crippen molar-refractivity contribution >= 4 is 23.1 Å². The summed E-state index contributed by atoms with van der Waals surface area (Å²) in [6, 6.07) is 8.25. The number of nitrogens with one attached hydrogen (secondary N) is 1. The average Bonchev–Trinajstić information content (AvgIpc) is 2.56. The second-order valence-corrected chi connectivity index (χ2v) is 5.18. The van der Waals surface area contributed by atoms with E-state index in [0.717, 1.165) is 12.1 Å². The zero-order valence-electron chi connectivity index (χ0n) is 12.0. The lowest BCUT2D eigenvalue weighted by Gasteiger charge is -2.12. The maximum Gasteiger partial charge on any atom is 0.416 e. The highest BCUT2D eigenvalue weighted by atomic mass is 35.5. The fraction of sp³-hybridized carbons (Fsp3) is 0.0625. The van der Waals surface area contributed by atoms with Gasteiger partial charge < -0.3 is 5.32 Å². The van der Waals surface area contributed by atoms with Gasteiger partial charge in [-0.3, -0.25) is 0 Å². The molecule has 24 heavy (non-hydrogen) atoms. The lowest BCUT2D eigenvalue weighted by atomic mass is 10.1. The monoisotopic (exact) mass is 350 g/mol. The van der Waals surface area contributed by atoms with Crippen molar-refractivity contribution in [1.82, 2.24) is 15.0 Å². The second-order valence-electron chi connectivity index (χ2n) is 4.84. The highest BCUT2D eigenvalue weighted by molar-refractivity contribution is 6.28. The van der Waals surface area contributed by atoms with Crippen LogP contribution in [0.15, 0.2) is 55.0 Å². The van der Waals surface area contributed by atoms with Crippen molar-refractivity contribution in [1.29, 1.82) is 0 Å². The van der Waals surface area contributed by atoms with Crippen LogP contribution in [0.1, 0.15) is 5.56 Å². The highest BCUT2D eigenvalue weighted by Gasteiger charge is 2.29. The molecule has 0 amide bonds. The molecular weight excluding hydrogens is 341 g/mol. The summed E-state index contributed by atoms with van der Waals surface area (Å²) in [7, 11) is 0. The van der Waals surface area contributed by atoms with Crippen LogP contribution in [0.4, 0.5) is 24.7 Å². The molecule has 3 rings (SSSR count). The van der Waals surface area contributed by atoms with Gasteiger partial charge in [-0.1, -0.05) is 0 Å². The van der Waals surface area contributed by atoms with Gasteiger partial charge >= 0.3 is 6.18 Å². The van der Waals surface area contributed by atoms with Crippen molar-refractivity contribution in [2.45, 2.75) is 6.18 Å². The normalized spacial score (nSPS) is 11.3. The lowest BCUT2D eigenvalue weighted by molar-refractivity contribution is -0.137. The van der Waals surface area contributed by atoms with Gasteiger partial charge in [0, 0.05) is 35.4 Å². The first-order chi connectivity index (χ1) is 11.4. The van der Waals surface area contributed by atoms with Crippen LogP contribution >= 0.6 is 11.6 Å². The molecule has 0 atom stereocenters. The third-order valence-corrected chi connectivity index (χ3v) is 3.41. The summed E-state index contributed by atoms with van der Waals surface area (Å²) in [5, 5.41) is 3.12. The molecule has 2 heterocycles. The SMILES string of the molecule is FC(F)(F)c1ccc(Nc2ncccc2-c2cnc(Cl)nc2)cc1. The molecule has 0 saturated heterocycles. The molecule has 0 bridgehead atoms. The summed E-state index contributed by atoms with van der Waals surface area (Å²) in [6.07, 6.45) is 0.302. The largest absolute Gasteiger partial charge is 0.416 e. The Labute approximate surface area is 140 Å². The van der Waals surface area contributed by atoms with Crippen LogP contribution < -0.4 is 5.32 Å². The Bertz CT molecular complexity index is 833. The predicted molar refractivity (Wildman–Crippen MR) is 85.0 cm³/mol. The van der Waals surface area contributed by atoms with E-state index in [1.165, 1.54) is 12.1 Å². The van der Waals surface area contributed by atoms with Crippen molar-refractivity contribution in [2.75, 3.05) is 5.32 Å². The maximum atomic E-state index is 12.6. The zero-order valence-corrected chi connectivity index (χ0v) is 12.8. The number of rotatable bonds is 3. The maximum absolute atomic E-state index is 12.6. The summed E-state index contributed by atoms with van der Waals surface area (Å²) >= 11 is 5.67. The topological polar surface area (TPSA) is 50.7 Å². The standard InChI is InChI=1S/C16H10ClF3N4/c17-15-22-8-10(9-23-15)13-2-1-7-21-14(13)24-12-5-3-11(4-6-12)16(18,19)20/h1-9H,(H,21,24). The molecule has 3 aromatic rings. The number of aromatic nitrogens is 3. The van der Waals surface area contributed by atoms with Gasteiger partial charge in [0.05, 0.1) is 5.56 Å². The van der Waals surface area contributed by atoms with Gasteiger partial charge in [0.25, 0.3) is 0 Å². The van der Waals surface area contributed by atoms with Gasteiger partial charge in [-0.25, -0.2) is 15.0 Å². The molecule has 0 aliphatic rings. The molecule has 0 fully saturated rings. The van der Waals surface area contributed by atoms with Gasteiger partial charge in [0.1, 0.15) is 5.82 Å². The van der Waals surface area contributed by atoms with Crippen LogP contribution in [0.5, 0.6) is 0 Å². The molecule has 1 aromatic carbocycles. The minimum atomic E-state index is -4.37. The lowest BCUT2D eigenvalue weighted by Crippen LogP contribution is -2.04. The van der Waals surface area contributed by atoms with Crippen LogP contribution in [0.2, 0.25) is 5.28 Å². The van der Waals surface area contributed by atoms with Gasteiger partial charge in [-0.05, 0) is 48.0 Å². The van der Waals surface area contributed by atoms with Crippen LogP contribution in [0.3, 0.4) is 0 Å². The van der Waals surface area contributed by atoms with Crippen LogP contribution in [0, 0.1) is 0 Å². The third kappa shape index (κ3) is 3.62. The Morgan fingerprint density at radius 2 is 1.58 bits per heavy atom. The molecule has 4 nitrogen and oxygen atoms in total. The highest BCUT2D eigenvalue weighted by Crippen LogP contribution is 2.31. The van der Waals surface area contributed by atoms with Crippen molar-refractivity contribution < 1.29 is 13.2 Å². The molecule has 0 aliphatic carbocycles. The molecule has 8 heteroatoms. The summed E-state index contributed by atoms with van der Waals surface area (Å²) < 4.78 is 37.8. The number of pyridine rings is 1. The summed E-state index contributed by atoms with van der Waals surface area (Å²) in [4.78, 5) is 12.1. The van der Waals surface area contributed by atoms with Crippen molar-refractivity contribution in [3.63, 3.8) is 0 Å². The quantitative estimate of drug-likeness (QED) is 0.679. The van der Waals surface area contributed by atoms with Crippen LogP contribution in [-0.4, -0.2) is 15.0 Å².